The molecule has 1 amide bonds. The Morgan fingerprint density at radius 3 is 2.68 bits per heavy atom. The standard InChI is InChI=1S/C28H34N8OS/c37-24-8-4-13-35(24)14-5-12-29-28-32-26(25-27(33-28)36(20-30-25)23-11-17-38-19-23)31-22-9-15-34(16-10-22)18-21-6-2-1-3-7-21/h1-3,6-7,11,17,19-20,22H,4-5,8-10,12-16,18H2,(H2,29,31,32,33). The molecule has 0 aliphatic carbocycles. The fraction of sp³-hybridized carbons (Fsp3) is 0.429. The highest BCUT2D eigenvalue weighted by molar-refractivity contribution is 7.08. The highest BCUT2D eigenvalue weighted by atomic mass is 32.1. The van der Waals surface area contributed by atoms with Crippen LogP contribution in [0.5, 0.6) is 0 Å². The molecule has 3 aromatic heterocycles. The van der Waals surface area contributed by atoms with E-state index in [9.17, 15) is 4.79 Å². The van der Waals surface area contributed by atoms with Gasteiger partial charge in [0.05, 0.1) is 5.69 Å². The van der Waals surface area contributed by atoms with Crippen molar-refractivity contribution in [1.82, 2.24) is 29.3 Å². The number of nitrogens with one attached hydrogen (secondary N) is 2. The highest BCUT2D eigenvalue weighted by Crippen LogP contribution is 2.27. The molecule has 6 rings (SSSR count). The Morgan fingerprint density at radius 1 is 1.05 bits per heavy atom. The molecule has 5 heterocycles. The number of likely N-dealkylation sites (tertiary alicyclic amines) is 2. The molecule has 0 spiro atoms. The fourth-order valence-electron chi connectivity index (χ4n) is 5.34. The third-order valence-corrected chi connectivity index (χ3v) is 8.09. The summed E-state index contributed by atoms with van der Waals surface area (Å²) in [5, 5.41) is 11.3. The van der Waals surface area contributed by atoms with Crippen LogP contribution in [0.3, 0.4) is 0 Å². The second-order valence-corrected chi connectivity index (χ2v) is 10.9. The zero-order valence-corrected chi connectivity index (χ0v) is 22.4. The van der Waals surface area contributed by atoms with E-state index in [0.29, 0.717) is 25.0 Å². The average molecular weight is 531 g/mol. The number of thiophene rings is 1. The maximum absolute atomic E-state index is 11.9. The van der Waals surface area contributed by atoms with E-state index in [4.69, 9.17) is 15.0 Å². The summed E-state index contributed by atoms with van der Waals surface area (Å²) in [6.07, 6.45) is 6.45. The summed E-state index contributed by atoms with van der Waals surface area (Å²) in [5.74, 6) is 1.64. The minimum Gasteiger partial charge on any atom is -0.365 e. The maximum atomic E-state index is 11.9. The molecule has 2 aliphatic heterocycles. The molecule has 2 aliphatic rings. The van der Waals surface area contributed by atoms with E-state index >= 15 is 0 Å². The Hall–Kier alpha value is -3.50. The van der Waals surface area contributed by atoms with Gasteiger partial charge in [0, 0.05) is 57.1 Å². The number of fused-ring (bicyclic) bond motifs is 1. The van der Waals surface area contributed by atoms with E-state index < -0.39 is 0 Å². The normalized spacial score (nSPS) is 16.9. The number of piperidine rings is 1. The Morgan fingerprint density at radius 2 is 1.92 bits per heavy atom. The molecule has 2 saturated heterocycles. The Kier molecular flexibility index (Phi) is 7.50. The predicted molar refractivity (Wildman–Crippen MR) is 152 cm³/mol. The van der Waals surface area contributed by atoms with Crippen molar-refractivity contribution in [3.8, 4) is 5.69 Å². The van der Waals surface area contributed by atoms with Crippen LogP contribution >= 0.6 is 11.3 Å². The lowest BCUT2D eigenvalue weighted by molar-refractivity contribution is -0.127. The van der Waals surface area contributed by atoms with E-state index in [1.54, 1.807) is 11.3 Å². The molecule has 0 bridgehead atoms. The van der Waals surface area contributed by atoms with Gasteiger partial charge in [-0.3, -0.25) is 14.3 Å². The summed E-state index contributed by atoms with van der Waals surface area (Å²) in [6, 6.07) is 13.1. The number of carbonyl (C=O) groups excluding carboxylic acids is 1. The van der Waals surface area contributed by atoms with Crippen molar-refractivity contribution in [2.45, 2.75) is 44.7 Å². The number of carbonyl (C=O) groups is 1. The molecule has 0 unspecified atom stereocenters. The van der Waals surface area contributed by atoms with Gasteiger partial charge in [-0.1, -0.05) is 30.3 Å². The SMILES string of the molecule is O=C1CCCN1CCCNc1nc(NC2CCN(Cc3ccccc3)CC2)c2ncn(-c3ccsc3)c2n1. The number of hydrogen-bond donors (Lipinski definition) is 2. The Bertz CT molecular complexity index is 1350. The lowest BCUT2D eigenvalue weighted by Gasteiger charge is -2.32. The van der Waals surface area contributed by atoms with E-state index in [1.165, 1.54) is 5.56 Å². The average Bonchev–Trinajstić information content (AvgIpc) is 3.70. The van der Waals surface area contributed by atoms with E-state index in [0.717, 1.165) is 81.1 Å². The zero-order valence-electron chi connectivity index (χ0n) is 21.6. The molecule has 10 heteroatoms. The van der Waals surface area contributed by atoms with Crippen LogP contribution in [0.15, 0.2) is 53.5 Å². The van der Waals surface area contributed by atoms with Gasteiger partial charge >= 0.3 is 0 Å². The van der Waals surface area contributed by atoms with Crippen molar-refractivity contribution in [2.75, 3.05) is 43.4 Å². The lowest BCUT2D eigenvalue weighted by atomic mass is 10.0. The summed E-state index contributed by atoms with van der Waals surface area (Å²) < 4.78 is 2.02. The summed E-state index contributed by atoms with van der Waals surface area (Å²) in [7, 11) is 0. The second kappa shape index (κ2) is 11.5. The molecule has 0 radical (unpaired) electrons. The predicted octanol–water partition coefficient (Wildman–Crippen LogP) is 4.38. The van der Waals surface area contributed by atoms with Crippen molar-refractivity contribution in [3.63, 3.8) is 0 Å². The Balaban J connectivity index is 1.15. The van der Waals surface area contributed by atoms with Gasteiger partial charge in [0.1, 0.15) is 6.33 Å². The molecule has 0 saturated carbocycles. The van der Waals surface area contributed by atoms with Gasteiger partial charge in [-0.2, -0.15) is 21.3 Å². The number of benzene rings is 1. The molecule has 2 fully saturated rings. The van der Waals surface area contributed by atoms with E-state index in [-0.39, 0.29) is 5.91 Å². The largest absolute Gasteiger partial charge is 0.365 e. The Labute approximate surface area is 226 Å². The van der Waals surface area contributed by atoms with Crippen LogP contribution in [0, 0.1) is 0 Å². The van der Waals surface area contributed by atoms with Crippen LogP contribution in [0.25, 0.3) is 16.9 Å². The topological polar surface area (TPSA) is 91.2 Å². The van der Waals surface area contributed by atoms with Gasteiger partial charge in [-0.05, 0) is 42.7 Å². The summed E-state index contributed by atoms with van der Waals surface area (Å²) in [5.41, 5.74) is 3.99. The number of amides is 1. The number of aromatic nitrogens is 4. The molecule has 198 valence electrons. The van der Waals surface area contributed by atoms with Gasteiger partial charge in [0.25, 0.3) is 0 Å². The van der Waals surface area contributed by atoms with Crippen molar-refractivity contribution in [2.24, 2.45) is 0 Å². The van der Waals surface area contributed by atoms with E-state index in [2.05, 4.69) is 62.7 Å². The van der Waals surface area contributed by atoms with Gasteiger partial charge in [0.15, 0.2) is 17.0 Å². The molecule has 1 aromatic carbocycles. The van der Waals surface area contributed by atoms with Crippen molar-refractivity contribution >= 4 is 40.2 Å². The van der Waals surface area contributed by atoms with Crippen LogP contribution in [0.4, 0.5) is 11.8 Å². The third-order valence-electron chi connectivity index (χ3n) is 7.42. The van der Waals surface area contributed by atoms with E-state index in [1.807, 2.05) is 15.8 Å². The molecular formula is C28H34N8OS. The first kappa shape index (κ1) is 24.8. The first-order valence-corrected chi connectivity index (χ1v) is 14.5. The molecular weight excluding hydrogens is 496 g/mol. The zero-order chi connectivity index (χ0) is 25.7. The number of hydrogen-bond acceptors (Lipinski definition) is 8. The van der Waals surface area contributed by atoms with Gasteiger partial charge in [-0.25, -0.2) is 4.98 Å². The van der Waals surface area contributed by atoms with Gasteiger partial charge in [0.2, 0.25) is 11.9 Å². The van der Waals surface area contributed by atoms with Crippen molar-refractivity contribution < 1.29 is 4.79 Å². The molecule has 2 N–H and O–H groups in total. The van der Waals surface area contributed by atoms with Crippen molar-refractivity contribution in [3.05, 3.63) is 59.0 Å². The first-order valence-electron chi connectivity index (χ1n) is 13.5. The summed E-state index contributed by atoms with van der Waals surface area (Å²) in [4.78, 5) is 30.8. The van der Waals surface area contributed by atoms with Crippen LogP contribution in [-0.4, -0.2) is 74.0 Å². The summed E-state index contributed by atoms with van der Waals surface area (Å²) >= 11 is 1.65. The van der Waals surface area contributed by atoms with Crippen LogP contribution in [0.1, 0.15) is 37.7 Å². The second-order valence-electron chi connectivity index (χ2n) is 10.1. The quantitative estimate of drug-likeness (QED) is 0.294. The highest BCUT2D eigenvalue weighted by Gasteiger charge is 2.23. The molecule has 38 heavy (non-hydrogen) atoms. The van der Waals surface area contributed by atoms with Crippen LogP contribution in [-0.2, 0) is 11.3 Å². The number of nitrogens with zero attached hydrogens (tertiary/aromatic N) is 6. The number of anilines is 2. The smallest absolute Gasteiger partial charge is 0.226 e. The third kappa shape index (κ3) is 5.66. The molecule has 4 aromatic rings. The monoisotopic (exact) mass is 530 g/mol. The minimum absolute atomic E-state index is 0.267. The summed E-state index contributed by atoms with van der Waals surface area (Å²) in [6.45, 7) is 5.44. The van der Waals surface area contributed by atoms with Crippen LogP contribution in [0.2, 0.25) is 0 Å². The lowest BCUT2D eigenvalue weighted by Crippen LogP contribution is -2.38. The molecule has 0 atom stereocenters. The van der Waals surface area contributed by atoms with Crippen LogP contribution < -0.4 is 10.6 Å². The first-order chi connectivity index (χ1) is 18.7. The number of imidazole rings is 1. The maximum Gasteiger partial charge on any atom is 0.226 e. The molecule has 9 nitrogen and oxygen atoms in total. The van der Waals surface area contributed by atoms with Gasteiger partial charge < -0.3 is 15.5 Å². The number of rotatable bonds is 10. The minimum atomic E-state index is 0.267. The van der Waals surface area contributed by atoms with Gasteiger partial charge in [-0.15, -0.1) is 0 Å². The fourth-order valence-corrected chi connectivity index (χ4v) is 5.97. The van der Waals surface area contributed by atoms with Crippen molar-refractivity contribution in [1.29, 1.82) is 0 Å².